The molecular weight excluding hydrogens is 188 g/mol. The van der Waals surface area contributed by atoms with Crippen LogP contribution in [0.3, 0.4) is 0 Å². The molecule has 0 radical (unpaired) electrons. The van der Waals surface area contributed by atoms with Gasteiger partial charge in [0.05, 0.1) is 6.04 Å². The van der Waals surface area contributed by atoms with E-state index in [1.807, 2.05) is 0 Å². The summed E-state index contributed by atoms with van der Waals surface area (Å²) in [5.41, 5.74) is 0. The first-order valence-electron chi connectivity index (χ1n) is 6.40. The molecule has 2 aliphatic rings. The van der Waals surface area contributed by atoms with Gasteiger partial charge < -0.3 is 10.2 Å². The van der Waals surface area contributed by atoms with Crippen LogP contribution in [0, 0.1) is 0 Å². The minimum atomic E-state index is 0.122. The summed E-state index contributed by atoms with van der Waals surface area (Å²) in [5, 5.41) is 3.35. The van der Waals surface area contributed by atoms with E-state index in [0.29, 0.717) is 5.91 Å². The molecule has 0 aliphatic carbocycles. The molecule has 2 saturated heterocycles. The number of likely N-dealkylation sites (tertiary alicyclic amines) is 1. The molecule has 15 heavy (non-hydrogen) atoms. The number of rotatable bonds is 1. The normalized spacial score (nSPS) is 28.5. The first kappa shape index (κ1) is 10.9. The van der Waals surface area contributed by atoms with Crippen LogP contribution in [0.1, 0.15) is 44.9 Å². The second-order valence-corrected chi connectivity index (χ2v) is 4.74. The lowest BCUT2D eigenvalue weighted by Crippen LogP contribution is -2.48. The van der Waals surface area contributed by atoms with E-state index in [-0.39, 0.29) is 6.04 Å². The van der Waals surface area contributed by atoms with Crippen LogP contribution in [0.25, 0.3) is 0 Å². The Morgan fingerprint density at radius 1 is 1.00 bits per heavy atom. The predicted molar refractivity (Wildman–Crippen MR) is 60.7 cm³/mol. The monoisotopic (exact) mass is 210 g/mol. The SMILES string of the molecule is O=C([C@@H]1CCCCN1)N1CCCCCC1. The van der Waals surface area contributed by atoms with Gasteiger partial charge in [-0.2, -0.15) is 0 Å². The first-order chi connectivity index (χ1) is 7.38. The number of carbonyl (C=O) groups is 1. The maximum atomic E-state index is 12.2. The molecule has 0 aromatic carbocycles. The Bertz CT molecular complexity index is 204. The van der Waals surface area contributed by atoms with E-state index in [1.165, 1.54) is 38.5 Å². The van der Waals surface area contributed by atoms with Crippen LogP contribution in [0.5, 0.6) is 0 Å². The van der Waals surface area contributed by atoms with Crippen LogP contribution in [-0.2, 0) is 4.79 Å². The summed E-state index contributed by atoms with van der Waals surface area (Å²) in [4.78, 5) is 14.2. The highest BCUT2D eigenvalue weighted by atomic mass is 16.2. The molecule has 0 bridgehead atoms. The van der Waals surface area contributed by atoms with Crippen molar-refractivity contribution in [2.45, 2.75) is 51.0 Å². The van der Waals surface area contributed by atoms with Crippen molar-refractivity contribution in [3.8, 4) is 0 Å². The van der Waals surface area contributed by atoms with E-state index < -0.39 is 0 Å². The van der Waals surface area contributed by atoms with E-state index in [9.17, 15) is 4.79 Å². The van der Waals surface area contributed by atoms with Crippen molar-refractivity contribution >= 4 is 5.91 Å². The molecule has 1 amide bonds. The minimum Gasteiger partial charge on any atom is -0.341 e. The highest BCUT2D eigenvalue weighted by Crippen LogP contribution is 2.14. The summed E-state index contributed by atoms with van der Waals surface area (Å²) in [7, 11) is 0. The quantitative estimate of drug-likeness (QED) is 0.712. The van der Waals surface area contributed by atoms with Crippen molar-refractivity contribution in [1.82, 2.24) is 10.2 Å². The van der Waals surface area contributed by atoms with E-state index >= 15 is 0 Å². The van der Waals surface area contributed by atoms with Crippen molar-refractivity contribution in [3.05, 3.63) is 0 Å². The van der Waals surface area contributed by atoms with Gasteiger partial charge in [-0.15, -0.1) is 0 Å². The lowest BCUT2D eigenvalue weighted by atomic mass is 10.0. The smallest absolute Gasteiger partial charge is 0.239 e. The van der Waals surface area contributed by atoms with Gasteiger partial charge in [-0.1, -0.05) is 19.3 Å². The van der Waals surface area contributed by atoms with Crippen LogP contribution in [-0.4, -0.2) is 36.5 Å². The number of nitrogens with one attached hydrogen (secondary N) is 1. The Balaban J connectivity index is 1.87. The molecular formula is C12H22N2O. The highest BCUT2D eigenvalue weighted by Gasteiger charge is 2.25. The number of amides is 1. The van der Waals surface area contributed by atoms with Crippen molar-refractivity contribution < 1.29 is 4.79 Å². The number of hydrogen-bond acceptors (Lipinski definition) is 2. The number of piperidine rings is 1. The molecule has 0 unspecified atom stereocenters. The Kier molecular flexibility index (Phi) is 4.01. The summed E-state index contributed by atoms with van der Waals surface area (Å²) in [6.45, 7) is 2.98. The zero-order valence-electron chi connectivity index (χ0n) is 9.50. The first-order valence-corrected chi connectivity index (χ1v) is 6.40. The third-order valence-electron chi connectivity index (χ3n) is 3.53. The van der Waals surface area contributed by atoms with Gasteiger partial charge in [0.1, 0.15) is 0 Å². The summed E-state index contributed by atoms with van der Waals surface area (Å²) in [5.74, 6) is 0.358. The Morgan fingerprint density at radius 3 is 2.33 bits per heavy atom. The number of nitrogens with zero attached hydrogens (tertiary/aromatic N) is 1. The van der Waals surface area contributed by atoms with Gasteiger partial charge >= 0.3 is 0 Å². The van der Waals surface area contributed by atoms with Crippen molar-refractivity contribution in [2.24, 2.45) is 0 Å². The molecule has 0 aromatic heterocycles. The third kappa shape index (κ3) is 2.94. The fourth-order valence-electron chi connectivity index (χ4n) is 2.57. The van der Waals surface area contributed by atoms with Gasteiger partial charge in [-0.05, 0) is 32.2 Å². The Morgan fingerprint density at radius 2 is 1.73 bits per heavy atom. The summed E-state index contributed by atoms with van der Waals surface area (Å²) in [6, 6.07) is 0.122. The molecule has 86 valence electrons. The lowest BCUT2D eigenvalue weighted by molar-refractivity contribution is -0.134. The summed E-state index contributed by atoms with van der Waals surface area (Å²) in [6.07, 6.45) is 8.44. The molecule has 3 heteroatoms. The standard InChI is InChI=1S/C12H22N2O/c15-12(11-7-3-4-8-13-11)14-9-5-1-2-6-10-14/h11,13H,1-10H2/t11-/m0/s1. The van der Waals surface area contributed by atoms with E-state index in [0.717, 1.165) is 26.1 Å². The molecule has 2 rings (SSSR count). The Hall–Kier alpha value is -0.570. The van der Waals surface area contributed by atoms with Crippen LogP contribution in [0.4, 0.5) is 0 Å². The van der Waals surface area contributed by atoms with Gasteiger partial charge in [0.25, 0.3) is 0 Å². The van der Waals surface area contributed by atoms with Crippen LogP contribution >= 0.6 is 0 Å². The van der Waals surface area contributed by atoms with Crippen LogP contribution < -0.4 is 5.32 Å². The van der Waals surface area contributed by atoms with Gasteiger partial charge in [0, 0.05) is 13.1 Å². The van der Waals surface area contributed by atoms with Gasteiger partial charge in [-0.3, -0.25) is 4.79 Å². The third-order valence-corrected chi connectivity index (χ3v) is 3.53. The molecule has 3 nitrogen and oxygen atoms in total. The van der Waals surface area contributed by atoms with Gasteiger partial charge in [0.2, 0.25) is 5.91 Å². The maximum absolute atomic E-state index is 12.2. The highest BCUT2D eigenvalue weighted by molar-refractivity contribution is 5.82. The van der Waals surface area contributed by atoms with Gasteiger partial charge in [0.15, 0.2) is 0 Å². The minimum absolute atomic E-state index is 0.122. The van der Waals surface area contributed by atoms with E-state index in [2.05, 4.69) is 10.2 Å². The fourth-order valence-corrected chi connectivity index (χ4v) is 2.57. The van der Waals surface area contributed by atoms with Crippen molar-refractivity contribution in [3.63, 3.8) is 0 Å². The molecule has 0 saturated carbocycles. The molecule has 0 aromatic rings. The average molecular weight is 210 g/mol. The number of hydrogen-bond donors (Lipinski definition) is 1. The second kappa shape index (κ2) is 5.50. The largest absolute Gasteiger partial charge is 0.341 e. The van der Waals surface area contributed by atoms with Crippen molar-refractivity contribution in [1.29, 1.82) is 0 Å². The zero-order chi connectivity index (χ0) is 10.5. The average Bonchev–Trinajstić information content (AvgIpc) is 2.58. The summed E-state index contributed by atoms with van der Waals surface area (Å²) < 4.78 is 0. The maximum Gasteiger partial charge on any atom is 0.239 e. The van der Waals surface area contributed by atoms with E-state index in [1.54, 1.807) is 0 Å². The van der Waals surface area contributed by atoms with Gasteiger partial charge in [-0.25, -0.2) is 0 Å². The Labute approximate surface area is 92.2 Å². The number of carbonyl (C=O) groups excluding carboxylic acids is 1. The van der Waals surface area contributed by atoms with Crippen LogP contribution in [0.2, 0.25) is 0 Å². The van der Waals surface area contributed by atoms with Crippen LogP contribution in [0.15, 0.2) is 0 Å². The molecule has 2 aliphatic heterocycles. The van der Waals surface area contributed by atoms with Crippen molar-refractivity contribution in [2.75, 3.05) is 19.6 Å². The second-order valence-electron chi connectivity index (χ2n) is 4.74. The molecule has 0 spiro atoms. The molecule has 2 heterocycles. The topological polar surface area (TPSA) is 32.3 Å². The molecule has 2 fully saturated rings. The predicted octanol–water partition coefficient (Wildman–Crippen LogP) is 1.53. The zero-order valence-corrected chi connectivity index (χ0v) is 9.50. The summed E-state index contributed by atoms with van der Waals surface area (Å²) >= 11 is 0. The van der Waals surface area contributed by atoms with E-state index in [4.69, 9.17) is 0 Å². The fraction of sp³-hybridized carbons (Fsp3) is 0.917. The molecule has 1 N–H and O–H groups in total. The molecule has 1 atom stereocenters. The lowest BCUT2D eigenvalue weighted by Gasteiger charge is -2.29.